The second-order valence-corrected chi connectivity index (χ2v) is 5.96. The van der Waals surface area contributed by atoms with Crippen molar-refractivity contribution in [1.29, 1.82) is 0 Å². The molecule has 3 aromatic rings. The largest absolute Gasteiger partial charge is 0.493 e. The Hall–Kier alpha value is -3.48. The Morgan fingerprint density at radius 1 is 1.08 bits per heavy atom. The molecule has 132 valence electrons. The molecule has 0 bridgehead atoms. The van der Waals surface area contributed by atoms with Gasteiger partial charge in [-0.15, -0.1) is 0 Å². The van der Waals surface area contributed by atoms with Crippen molar-refractivity contribution in [1.82, 2.24) is 9.78 Å². The maximum absolute atomic E-state index is 11.6. The van der Waals surface area contributed by atoms with Gasteiger partial charge in [-0.3, -0.25) is 0 Å². The van der Waals surface area contributed by atoms with Crippen LogP contribution in [0.25, 0.3) is 0 Å². The Bertz CT molecular complexity index is 966. The highest BCUT2D eigenvalue weighted by Crippen LogP contribution is 2.33. The Labute approximate surface area is 149 Å². The molecule has 7 heteroatoms. The van der Waals surface area contributed by atoms with Crippen LogP contribution in [-0.2, 0) is 13.0 Å². The van der Waals surface area contributed by atoms with E-state index in [2.05, 4.69) is 5.10 Å². The number of benzene rings is 2. The molecule has 0 radical (unpaired) electrons. The quantitative estimate of drug-likeness (QED) is 0.733. The van der Waals surface area contributed by atoms with Gasteiger partial charge in [0, 0.05) is 6.42 Å². The van der Waals surface area contributed by atoms with Crippen LogP contribution in [0.4, 0.5) is 0 Å². The highest BCUT2D eigenvalue weighted by atomic mass is 16.7. The summed E-state index contributed by atoms with van der Waals surface area (Å²) in [4.78, 5) is 11.6. The van der Waals surface area contributed by atoms with Crippen LogP contribution >= 0.6 is 0 Å². The molecule has 0 spiro atoms. The molecule has 2 N–H and O–H groups in total. The van der Waals surface area contributed by atoms with Crippen molar-refractivity contribution in [2.45, 2.75) is 13.0 Å². The van der Waals surface area contributed by atoms with Crippen LogP contribution in [-0.4, -0.2) is 32.8 Å². The first kappa shape index (κ1) is 16.0. The summed E-state index contributed by atoms with van der Waals surface area (Å²) in [6.07, 6.45) is 0.287. The summed E-state index contributed by atoms with van der Waals surface area (Å²) in [5, 5.41) is 24.1. The summed E-state index contributed by atoms with van der Waals surface area (Å²) in [6, 6.07) is 14.8. The molecule has 2 heterocycles. The summed E-state index contributed by atoms with van der Waals surface area (Å²) in [7, 11) is 0. The minimum absolute atomic E-state index is 0.146. The second kappa shape index (κ2) is 6.44. The van der Waals surface area contributed by atoms with E-state index in [1.54, 1.807) is 12.1 Å². The number of fused-ring (bicyclic) bond motifs is 1. The zero-order valence-corrected chi connectivity index (χ0v) is 13.8. The van der Waals surface area contributed by atoms with Crippen molar-refractivity contribution in [2.75, 3.05) is 6.79 Å². The molecule has 1 aliphatic heterocycles. The van der Waals surface area contributed by atoms with E-state index in [0.29, 0.717) is 17.1 Å². The first-order valence-corrected chi connectivity index (χ1v) is 8.06. The predicted molar refractivity (Wildman–Crippen MR) is 91.8 cm³/mol. The Balaban J connectivity index is 1.66. The zero-order valence-electron chi connectivity index (χ0n) is 13.8. The van der Waals surface area contributed by atoms with E-state index in [0.717, 1.165) is 11.1 Å². The van der Waals surface area contributed by atoms with Gasteiger partial charge in [-0.25, -0.2) is 9.48 Å². The smallest absolute Gasteiger partial charge is 0.356 e. The number of rotatable bonds is 5. The van der Waals surface area contributed by atoms with Crippen molar-refractivity contribution in [3.8, 4) is 17.4 Å². The van der Waals surface area contributed by atoms with E-state index in [9.17, 15) is 15.0 Å². The average molecular weight is 352 g/mol. The summed E-state index contributed by atoms with van der Waals surface area (Å²) in [5.41, 5.74) is 1.86. The number of carboxylic acids is 1. The van der Waals surface area contributed by atoms with Gasteiger partial charge in [0.1, 0.15) is 0 Å². The first-order chi connectivity index (χ1) is 12.6. The van der Waals surface area contributed by atoms with E-state index >= 15 is 0 Å². The van der Waals surface area contributed by atoms with Crippen LogP contribution in [0, 0.1) is 0 Å². The summed E-state index contributed by atoms with van der Waals surface area (Å²) in [5.74, 6) is -0.0360. The molecule has 1 aliphatic rings. The van der Waals surface area contributed by atoms with Crippen molar-refractivity contribution < 1.29 is 24.5 Å². The molecule has 0 amide bonds. The van der Waals surface area contributed by atoms with Gasteiger partial charge in [0.25, 0.3) is 0 Å². The number of aromatic hydroxyl groups is 1. The Morgan fingerprint density at radius 3 is 2.62 bits per heavy atom. The van der Waals surface area contributed by atoms with Gasteiger partial charge in [0.05, 0.1) is 12.1 Å². The lowest BCUT2D eigenvalue weighted by molar-refractivity contribution is 0.0688. The molecule has 1 aromatic heterocycles. The van der Waals surface area contributed by atoms with Crippen LogP contribution in [0.1, 0.15) is 27.2 Å². The number of carbonyl (C=O) groups is 1. The molecule has 4 rings (SSSR count). The molecule has 26 heavy (non-hydrogen) atoms. The number of carboxylic acid groups (broad SMARTS) is 1. The number of aromatic nitrogens is 2. The van der Waals surface area contributed by atoms with Gasteiger partial charge >= 0.3 is 5.97 Å². The van der Waals surface area contributed by atoms with E-state index < -0.39 is 5.97 Å². The fourth-order valence-corrected chi connectivity index (χ4v) is 2.95. The second-order valence-electron chi connectivity index (χ2n) is 5.96. The van der Waals surface area contributed by atoms with E-state index in [4.69, 9.17) is 9.47 Å². The third kappa shape index (κ3) is 2.95. The number of nitrogens with zero attached hydrogens (tertiary/aromatic N) is 2. The monoisotopic (exact) mass is 352 g/mol. The first-order valence-electron chi connectivity index (χ1n) is 8.06. The van der Waals surface area contributed by atoms with Crippen LogP contribution in [0.3, 0.4) is 0 Å². The van der Waals surface area contributed by atoms with Crippen molar-refractivity contribution in [2.24, 2.45) is 0 Å². The van der Waals surface area contributed by atoms with Crippen molar-refractivity contribution >= 4 is 5.97 Å². The number of hydrogen-bond donors (Lipinski definition) is 2. The van der Waals surface area contributed by atoms with Gasteiger partial charge in [-0.2, -0.15) is 5.10 Å². The summed E-state index contributed by atoms with van der Waals surface area (Å²) >= 11 is 0. The predicted octanol–water partition coefficient (Wildman–Crippen LogP) is 2.65. The van der Waals surface area contributed by atoms with E-state index in [1.807, 2.05) is 36.4 Å². The molecular formula is C19H16N2O5. The number of ether oxygens (including phenoxy) is 2. The van der Waals surface area contributed by atoms with Crippen LogP contribution in [0.5, 0.6) is 17.4 Å². The van der Waals surface area contributed by atoms with Gasteiger partial charge in [0.2, 0.25) is 12.7 Å². The highest BCUT2D eigenvalue weighted by molar-refractivity contribution is 5.88. The standard InChI is InChI=1S/C19H16N2O5/c22-18-14(8-12-4-2-1-3-5-12)17(19(23)24)20-21(18)10-13-6-7-15-16(9-13)26-11-25-15/h1-7,9,22H,8,10-11H2,(H,23,24). The number of hydrogen-bond acceptors (Lipinski definition) is 5. The maximum Gasteiger partial charge on any atom is 0.356 e. The summed E-state index contributed by atoms with van der Waals surface area (Å²) in [6.45, 7) is 0.397. The fourth-order valence-electron chi connectivity index (χ4n) is 2.95. The minimum Gasteiger partial charge on any atom is -0.493 e. The van der Waals surface area contributed by atoms with Gasteiger partial charge in [-0.1, -0.05) is 36.4 Å². The summed E-state index contributed by atoms with van der Waals surface area (Å²) < 4.78 is 11.9. The van der Waals surface area contributed by atoms with Gasteiger partial charge in [-0.05, 0) is 23.3 Å². The topological polar surface area (TPSA) is 93.8 Å². The minimum atomic E-state index is -1.17. The molecular weight excluding hydrogens is 336 g/mol. The van der Waals surface area contributed by atoms with Gasteiger partial charge in [0.15, 0.2) is 17.2 Å². The van der Waals surface area contributed by atoms with E-state index in [1.165, 1.54) is 4.68 Å². The Kier molecular flexibility index (Phi) is 3.96. The van der Waals surface area contributed by atoms with Crippen molar-refractivity contribution in [3.05, 3.63) is 70.9 Å². The SMILES string of the molecule is O=C(O)c1nn(Cc2ccc3c(c2)OCO3)c(O)c1Cc1ccccc1. The molecule has 0 atom stereocenters. The molecule has 0 saturated carbocycles. The molecule has 0 fully saturated rings. The Morgan fingerprint density at radius 2 is 1.85 bits per heavy atom. The fraction of sp³-hybridized carbons (Fsp3) is 0.158. The van der Waals surface area contributed by atoms with Crippen LogP contribution in [0.15, 0.2) is 48.5 Å². The van der Waals surface area contributed by atoms with E-state index in [-0.39, 0.29) is 31.3 Å². The lowest BCUT2D eigenvalue weighted by atomic mass is 10.1. The third-order valence-electron chi connectivity index (χ3n) is 4.22. The van der Waals surface area contributed by atoms with Crippen molar-refractivity contribution in [3.63, 3.8) is 0 Å². The highest BCUT2D eigenvalue weighted by Gasteiger charge is 2.23. The molecule has 7 nitrogen and oxygen atoms in total. The lowest BCUT2D eigenvalue weighted by Crippen LogP contribution is -2.05. The van der Waals surface area contributed by atoms with Crippen LogP contribution in [0.2, 0.25) is 0 Å². The zero-order chi connectivity index (χ0) is 18.1. The average Bonchev–Trinajstić information content (AvgIpc) is 3.22. The molecule has 0 saturated heterocycles. The van der Waals surface area contributed by atoms with Gasteiger partial charge < -0.3 is 19.7 Å². The molecule has 0 aliphatic carbocycles. The van der Waals surface area contributed by atoms with Crippen LogP contribution < -0.4 is 9.47 Å². The normalized spacial score (nSPS) is 12.3. The molecule has 0 unspecified atom stereocenters. The molecule has 2 aromatic carbocycles. The third-order valence-corrected chi connectivity index (χ3v) is 4.22. The number of aromatic carboxylic acids is 1. The lowest BCUT2D eigenvalue weighted by Gasteiger charge is -2.06. The maximum atomic E-state index is 11.6.